The number of thiocarbonyl (C=S) groups is 1. The van der Waals surface area contributed by atoms with Crippen LogP contribution in [0.5, 0.6) is 5.88 Å². The van der Waals surface area contributed by atoms with Crippen molar-refractivity contribution in [2.75, 3.05) is 11.9 Å². The zero-order valence-corrected chi connectivity index (χ0v) is 16.4. The molecule has 0 aliphatic heterocycles. The predicted molar refractivity (Wildman–Crippen MR) is 113 cm³/mol. The molecular formula is C20H19ClN4OS. The Kier molecular flexibility index (Phi) is 6.57. The van der Waals surface area contributed by atoms with E-state index < -0.39 is 0 Å². The van der Waals surface area contributed by atoms with Crippen molar-refractivity contribution in [3.05, 3.63) is 77.2 Å². The number of benzene rings is 2. The highest BCUT2D eigenvalue weighted by atomic mass is 35.5. The fraction of sp³-hybridized carbons (Fsp3) is 0.150. The fourth-order valence-electron chi connectivity index (χ4n) is 2.33. The van der Waals surface area contributed by atoms with Crippen molar-refractivity contribution in [2.24, 2.45) is 4.99 Å². The van der Waals surface area contributed by atoms with E-state index in [4.69, 9.17) is 28.6 Å². The van der Waals surface area contributed by atoms with Crippen molar-refractivity contribution in [1.29, 1.82) is 0 Å². The van der Waals surface area contributed by atoms with Gasteiger partial charge in [-0.05, 0) is 55.0 Å². The van der Waals surface area contributed by atoms with Gasteiger partial charge in [-0.15, -0.1) is 0 Å². The molecule has 7 heteroatoms. The predicted octanol–water partition coefficient (Wildman–Crippen LogP) is 4.61. The Hall–Kier alpha value is -2.70. The van der Waals surface area contributed by atoms with Crippen LogP contribution in [0.15, 0.2) is 71.9 Å². The zero-order valence-electron chi connectivity index (χ0n) is 14.8. The summed E-state index contributed by atoms with van der Waals surface area (Å²) in [7, 11) is 0. The van der Waals surface area contributed by atoms with Crippen LogP contribution in [0.3, 0.4) is 0 Å². The molecule has 1 heterocycles. The second-order valence-corrected chi connectivity index (χ2v) is 6.52. The van der Waals surface area contributed by atoms with Gasteiger partial charge in [0.15, 0.2) is 5.11 Å². The van der Waals surface area contributed by atoms with Crippen molar-refractivity contribution in [1.82, 2.24) is 9.78 Å². The van der Waals surface area contributed by atoms with Crippen LogP contribution in [0.4, 0.5) is 5.69 Å². The van der Waals surface area contributed by atoms with Crippen LogP contribution in [0.25, 0.3) is 5.69 Å². The maximum absolute atomic E-state index is 5.89. The summed E-state index contributed by atoms with van der Waals surface area (Å²) in [5.74, 6) is 0.610. The van der Waals surface area contributed by atoms with Gasteiger partial charge in [0.05, 0.1) is 23.8 Å². The minimum Gasteiger partial charge on any atom is -0.478 e. The summed E-state index contributed by atoms with van der Waals surface area (Å²) in [5, 5.41) is 9.13. The van der Waals surface area contributed by atoms with Crippen LogP contribution in [-0.2, 0) is 0 Å². The maximum atomic E-state index is 5.89. The van der Waals surface area contributed by atoms with Gasteiger partial charge in [-0.1, -0.05) is 36.7 Å². The van der Waals surface area contributed by atoms with Crippen molar-refractivity contribution >= 4 is 34.6 Å². The summed E-state index contributed by atoms with van der Waals surface area (Å²) in [4.78, 5) is 4.41. The number of nitrogens with zero attached hydrogens (tertiary/aromatic N) is 3. The summed E-state index contributed by atoms with van der Waals surface area (Å²) in [6.07, 6.45) is 2.55. The van der Waals surface area contributed by atoms with Crippen molar-refractivity contribution in [2.45, 2.75) is 13.3 Å². The average Bonchev–Trinajstić information content (AvgIpc) is 2.69. The molecule has 27 heavy (non-hydrogen) atoms. The van der Waals surface area contributed by atoms with Gasteiger partial charge < -0.3 is 10.1 Å². The Morgan fingerprint density at radius 3 is 2.63 bits per heavy atom. The SMILES string of the molecule is CCCOc1c/c(=N\C(=S)Nc2ccc(Cl)cc2)cnn1-c1ccccc1. The highest BCUT2D eigenvalue weighted by molar-refractivity contribution is 7.80. The number of nitrogens with one attached hydrogen (secondary N) is 1. The lowest BCUT2D eigenvalue weighted by atomic mass is 10.3. The van der Waals surface area contributed by atoms with Crippen molar-refractivity contribution in [3.8, 4) is 11.6 Å². The minimum absolute atomic E-state index is 0.332. The van der Waals surface area contributed by atoms with Gasteiger partial charge in [-0.25, -0.2) is 9.67 Å². The van der Waals surface area contributed by atoms with Crippen LogP contribution < -0.4 is 15.4 Å². The van der Waals surface area contributed by atoms with E-state index in [-0.39, 0.29) is 0 Å². The highest BCUT2D eigenvalue weighted by Crippen LogP contribution is 2.15. The second kappa shape index (κ2) is 9.30. The first-order chi connectivity index (χ1) is 13.2. The van der Waals surface area contributed by atoms with Crippen molar-refractivity contribution in [3.63, 3.8) is 0 Å². The Morgan fingerprint density at radius 2 is 1.93 bits per heavy atom. The van der Waals surface area contributed by atoms with Gasteiger partial charge in [0.25, 0.3) is 0 Å². The van der Waals surface area contributed by atoms with E-state index in [1.54, 1.807) is 23.0 Å². The van der Waals surface area contributed by atoms with E-state index in [9.17, 15) is 0 Å². The molecule has 0 aliphatic rings. The number of para-hydroxylation sites is 1. The molecule has 1 aromatic heterocycles. The molecule has 0 unspecified atom stereocenters. The van der Waals surface area contributed by atoms with Crippen LogP contribution in [0, 0.1) is 0 Å². The first-order valence-corrected chi connectivity index (χ1v) is 9.33. The molecule has 0 bridgehead atoms. The molecule has 0 radical (unpaired) electrons. The molecule has 3 rings (SSSR count). The van der Waals surface area contributed by atoms with Gasteiger partial charge >= 0.3 is 0 Å². The summed E-state index contributed by atoms with van der Waals surface area (Å²) < 4.78 is 7.60. The molecule has 0 amide bonds. The Bertz CT molecular complexity index is 971. The van der Waals surface area contributed by atoms with E-state index >= 15 is 0 Å². The lowest BCUT2D eigenvalue weighted by Gasteiger charge is -2.12. The van der Waals surface area contributed by atoms with Crippen molar-refractivity contribution < 1.29 is 4.74 Å². The molecule has 3 aromatic rings. The minimum atomic E-state index is 0.332. The third-order valence-corrected chi connectivity index (χ3v) is 4.01. The molecule has 1 N–H and O–H groups in total. The third kappa shape index (κ3) is 5.39. The van der Waals surface area contributed by atoms with E-state index in [2.05, 4.69) is 22.3 Å². The summed E-state index contributed by atoms with van der Waals surface area (Å²) >= 11 is 11.2. The fourth-order valence-corrected chi connectivity index (χ4v) is 2.68. The molecule has 0 fully saturated rings. The molecule has 0 saturated carbocycles. The normalized spacial score (nSPS) is 11.3. The van der Waals surface area contributed by atoms with E-state index in [1.165, 1.54) is 0 Å². The topological polar surface area (TPSA) is 51.4 Å². The van der Waals surface area contributed by atoms with E-state index in [1.807, 2.05) is 48.5 Å². The first kappa shape index (κ1) is 19.1. The molecule has 138 valence electrons. The van der Waals surface area contributed by atoms with E-state index in [0.29, 0.717) is 28.0 Å². The largest absolute Gasteiger partial charge is 0.478 e. The number of anilines is 1. The quantitative estimate of drug-likeness (QED) is 0.637. The molecule has 5 nitrogen and oxygen atoms in total. The summed E-state index contributed by atoms with van der Waals surface area (Å²) in [5.41, 5.74) is 1.73. The molecule has 0 spiro atoms. The molecule has 0 atom stereocenters. The molecular weight excluding hydrogens is 380 g/mol. The number of aromatic nitrogens is 2. The van der Waals surface area contributed by atoms with Gasteiger partial charge in [0, 0.05) is 16.8 Å². The monoisotopic (exact) mass is 398 g/mol. The molecule has 0 aliphatic carbocycles. The number of halogens is 1. The smallest absolute Gasteiger partial charge is 0.217 e. The Labute approximate surface area is 168 Å². The number of rotatable bonds is 5. The van der Waals surface area contributed by atoms with Gasteiger partial charge in [0.1, 0.15) is 0 Å². The zero-order chi connectivity index (χ0) is 19.1. The van der Waals surface area contributed by atoms with E-state index in [0.717, 1.165) is 17.8 Å². The van der Waals surface area contributed by atoms with Crippen LogP contribution in [0.1, 0.15) is 13.3 Å². The van der Waals surface area contributed by atoms with Crippen LogP contribution >= 0.6 is 23.8 Å². The Morgan fingerprint density at radius 1 is 1.19 bits per heavy atom. The lowest BCUT2D eigenvalue weighted by molar-refractivity contribution is 0.291. The number of ether oxygens (including phenoxy) is 1. The Balaban J connectivity index is 1.87. The van der Waals surface area contributed by atoms with Gasteiger partial charge in [-0.2, -0.15) is 5.10 Å². The van der Waals surface area contributed by atoms with Crippen LogP contribution in [0.2, 0.25) is 5.02 Å². The summed E-state index contributed by atoms with van der Waals surface area (Å²) in [6.45, 7) is 2.64. The molecule has 0 saturated heterocycles. The summed E-state index contributed by atoms with van der Waals surface area (Å²) in [6, 6.07) is 18.9. The number of hydrogen-bond donors (Lipinski definition) is 1. The first-order valence-electron chi connectivity index (χ1n) is 8.54. The molecule has 2 aromatic carbocycles. The third-order valence-electron chi connectivity index (χ3n) is 3.57. The number of hydrogen-bond acceptors (Lipinski definition) is 3. The standard InChI is InChI=1S/C20H19ClN4OS/c1-2-12-26-19-13-17(14-22-25(19)18-6-4-3-5-7-18)24-20(27)23-16-10-8-15(21)9-11-16/h3-11,13-14H,2,12H2,1H3,(H,23,27)/b24-17+. The second-order valence-electron chi connectivity index (χ2n) is 5.70. The average molecular weight is 399 g/mol. The lowest BCUT2D eigenvalue weighted by Crippen LogP contribution is -2.17. The van der Waals surface area contributed by atoms with Gasteiger partial charge in [0.2, 0.25) is 5.88 Å². The highest BCUT2D eigenvalue weighted by Gasteiger charge is 2.05. The maximum Gasteiger partial charge on any atom is 0.217 e. The van der Waals surface area contributed by atoms with Crippen LogP contribution in [-0.4, -0.2) is 21.5 Å². The van der Waals surface area contributed by atoms with Gasteiger partial charge in [-0.3, -0.25) is 0 Å².